The summed E-state index contributed by atoms with van der Waals surface area (Å²) in [5.74, 6) is 2.19. The van der Waals surface area contributed by atoms with Gasteiger partial charge in [-0.3, -0.25) is 23.9 Å². The number of ether oxygens (including phenoxy) is 2. The molecule has 0 bridgehead atoms. The van der Waals surface area contributed by atoms with Crippen molar-refractivity contribution in [1.29, 1.82) is 0 Å². The molecule has 0 aromatic carbocycles. The van der Waals surface area contributed by atoms with Gasteiger partial charge >= 0.3 is 12.3 Å². The lowest BCUT2D eigenvalue weighted by Gasteiger charge is -2.28. The van der Waals surface area contributed by atoms with Gasteiger partial charge < -0.3 is 19.4 Å². The Morgan fingerprint density at radius 3 is 1.02 bits per heavy atom. The van der Waals surface area contributed by atoms with Crippen molar-refractivity contribution in [3.05, 3.63) is 0 Å². The minimum absolute atomic E-state index is 0.00921. The molecule has 0 atom stereocenters. The van der Waals surface area contributed by atoms with E-state index in [-0.39, 0.29) is 35.4 Å². The molecule has 2 fully saturated rings. The van der Waals surface area contributed by atoms with Crippen LogP contribution in [0.3, 0.4) is 0 Å². The van der Waals surface area contributed by atoms with Crippen molar-refractivity contribution in [3.8, 4) is 0 Å². The third-order valence-corrected chi connectivity index (χ3v) is 7.56. The van der Waals surface area contributed by atoms with E-state index in [1.165, 1.54) is 59.0 Å². The zero-order valence-electron chi connectivity index (χ0n) is 39.0. The van der Waals surface area contributed by atoms with Crippen LogP contribution in [-0.4, -0.2) is 103 Å². The molecule has 0 aromatic rings. The predicted molar refractivity (Wildman–Crippen MR) is 224 cm³/mol. The number of hydrogen-bond acceptors (Lipinski definition) is 7. The quantitative estimate of drug-likeness (QED) is 0.214. The molecule has 2 amide bonds. The summed E-state index contributed by atoms with van der Waals surface area (Å²) < 4.78 is 41.4. The Morgan fingerprint density at radius 2 is 0.891 bits per heavy atom. The maximum absolute atomic E-state index is 11.4. The Kier molecular flexibility index (Phi) is 42.1. The van der Waals surface area contributed by atoms with E-state index in [0.717, 1.165) is 32.1 Å². The number of ketones is 1. The Morgan fingerprint density at radius 1 is 0.582 bits per heavy atom. The average Bonchev–Trinajstić information content (AvgIpc) is 3.60. The summed E-state index contributed by atoms with van der Waals surface area (Å²) in [4.78, 5) is 49.7. The van der Waals surface area contributed by atoms with Crippen LogP contribution in [0.25, 0.3) is 0 Å². The van der Waals surface area contributed by atoms with Crippen LogP contribution in [-0.2, 0) is 28.7 Å². The summed E-state index contributed by atoms with van der Waals surface area (Å²) in [6.07, 6.45) is 0.805. The standard InChI is InChI=1S/C9H17NO.C8H15NO.C7H17N.C6H12O2.C5H10O.C4H7F3O.C4H10/c1-8(2)9(11)10-6-4-3-5-7-10;1-7(2)8(10)9-5-3-4-6-9;1-5-8(6-2)7(3)4;1-4-8-6(7)5(2)3;1-4(2)5(3)6;1-3(2)8-4(5,6)7;1-4(2)3/h8H,3-7H2,1-2H3;7H,3-6H2,1-2H3;7H,5-6H2,1-4H3;5H,4H2,1-3H3;4H,1-3H3;3H,1-2H3;4H,1-3H3. The highest BCUT2D eigenvalue weighted by Gasteiger charge is 2.30. The molecule has 2 heterocycles. The molecule has 2 aliphatic heterocycles. The van der Waals surface area contributed by atoms with E-state index in [1.54, 1.807) is 13.8 Å². The van der Waals surface area contributed by atoms with Gasteiger partial charge in [-0.1, -0.05) is 90.0 Å². The van der Waals surface area contributed by atoms with E-state index in [4.69, 9.17) is 0 Å². The molecule has 0 spiro atoms. The highest BCUT2D eigenvalue weighted by atomic mass is 19.4. The number of carbonyl (C=O) groups excluding carboxylic acids is 4. The Hall–Kier alpha value is -2.21. The summed E-state index contributed by atoms with van der Waals surface area (Å²) >= 11 is 0. The SMILES string of the molecule is CC(=O)C(C)C.CC(C)C.CC(C)C(=O)N1CCCC1.CC(C)C(=O)N1CCCCC1.CC(C)OC(F)(F)F.CCN(CC)C(C)C.CCOC(=O)C(C)C. The number of carbonyl (C=O) groups is 4. The largest absolute Gasteiger partial charge is 0.522 e. The zero-order chi connectivity index (χ0) is 44.5. The molecule has 9 nitrogen and oxygen atoms in total. The first-order valence-electron chi connectivity index (χ1n) is 20.9. The van der Waals surface area contributed by atoms with E-state index >= 15 is 0 Å². The lowest BCUT2D eigenvalue weighted by molar-refractivity contribution is -0.338. The van der Waals surface area contributed by atoms with Gasteiger partial charge in [0.05, 0.1) is 18.6 Å². The third-order valence-electron chi connectivity index (χ3n) is 7.56. The molecule has 332 valence electrons. The highest BCUT2D eigenvalue weighted by Crippen LogP contribution is 2.18. The first-order chi connectivity index (χ1) is 25.1. The van der Waals surface area contributed by atoms with Crippen molar-refractivity contribution in [3.63, 3.8) is 0 Å². The van der Waals surface area contributed by atoms with Crippen molar-refractivity contribution < 1.29 is 41.8 Å². The van der Waals surface area contributed by atoms with Crippen molar-refractivity contribution in [2.75, 3.05) is 45.9 Å². The fraction of sp³-hybridized carbons (Fsp3) is 0.907. The highest BCUT2D eigenvalue weighted by molar-refractivity contribution is 5.78. The third kappa shape index (κ3) is 46.1. The number of hydrogen-bond donors (Lipinski definition) is 0. The number of rotatable bonds is 9. The molecular formula is C43H88F3N3O6. The molecule has 0 unspecified atom stereocenters. The molecule has 0 N–H and O–H groups in total. The van der Waals surface area contributed by atoms with Gasteiger partial charge in [0, 0.05) is 50.0 Å². The maximum Gasteiger partial charge on any atom is 0.522 e. The number of amides is 2. The Labute approximate surface area is 337 Å². The minimum Gasteiger partial charge on any atom is -0.466 e. The fourth-order valence-corrected chi connectivity index (χ4v) is 4.31. The average molecular weight is 800 g/mol. The summed E-state index contributed by atoms with van der Waals surface area (Å²) in [7, 11) is 0. The second kappa shape index (κ2) is 37.4. The summed E-state index contributed by atoms with van der Waals surface area (Å²) in [5, 5.41) is 0. The summed E-state index contributed by atoms with van der Waals surface area (Å²) in [6.45, 7) is 43.5. The predicted octanol–water partition coefficient (Wildman–Crippen LogP) is 10.7. The van der Waals surface area contributed by atoms with Crippen LogP contribution in [0.2, 0.25) is 0 Å². The zero-order valence-corrected chi connectivity index (χ0v) is 39.0. The van der Waals surface area contributed by atoms with Crippen LogP contribution in [0.1, 0.15) is 164 Å². The van der Waals surface area contributed by atoms with Crippen LogP contribution >= 0.6 is 0 Å². The van der Waals surface area contributed by atoms with E-state index in [0.29, 0.717) is 24.5 Å². The number of likely N-dealkylation sites (tertiary alicyclic amines) is 2. The second-order valence-electron chi connectivity index (χ2n) is 16.1. The van der Waals surface area contributed by atoms with Gasteiger partial charge in [-0.05, 0) is 92.7 Å². The number of esters is 1. The van der Waals surface area contributed by atoms with Crippen LogP contribution < -0.4 is 0 Å². The number of halogens is 3. The smallest absolute Gasteiger partial charge is 0.466 e. The molecule has 0 saturated carbocycles. The monoisotopic (exact) mass is 800 g/mol. The van der Waals surface area contributed by atoms with E-state index in [1.807, 2.05) is 65.2 Å². The Balaban J connectivity index is -0.000000180. The topological polar surface area (TPSA) is 96.5 Å². The maximum atomic E-state index is 11.4. The summed E-state index contributed by atoms with van der Waals surface area (Å²) in [5.41, 5.74) is 0. The number of Topliss-reactive ketones (excluding diaryl/α,β-unsaturated/α-hetero) is 1. The number of nitrogens with zero attached hydrogens (tertiary/aromatic N) is 3. The van der Waals surface area contributed by atoms with Gasteiger partial charge in [-0.2, -0.15) is 0 Å². The first-order valence-corrected chi connectivity index (χ1v) is 20.9. The van der Waals surface area contributed by atoms with Crippen molar-refractivity contribution >= 4 is 23.6 Å². The van der Waals surface area contributed by atoms with Crippen molar-refractivity contribution in [2.45, 2.75) is 182 Å². The van der Waals surface area contributed by atoms with Gasteiger partial charge in [0.2, 0.25) is 11.8 Å². The van der Waals surface area contributed by atoms with Crippen molar-refractivity contribution in [2.24, 2.45) is 29.6 Å². The number of piperidine rings is 1. The molecule has 55 heavy (non-hydrogen) atoms. The van der Waals surface area contributed by atoms with Crippen LogP contribution in [0.15, 0.2) is 0 Å². The lowest BCUT2D eigenvalue weighted by Crippen LogP contribution is -2.38. The van der Waals surface area contributed by atoms with E-state index in [2.05, 4.69) is 62.8 Å². The van der Waals surface area contributed by atoms with Crippen LogP contribution in [0.4, 0.5) is 13.2 Å². The van der Waals surface area contributed by atoms with Gasteiger partial charge in [-0.25, -0.2) is 0 Å². The number of alkyl halides is 3. The molecule has 12 heteroatoms. The fourth-order valence-electron chi connectivity index (χ4n) is 4.31. The Bertz CT molecular complexity index is 920. The molecule has 0 aromatic heterocycles. The van der Waals surface area contributed by atoms with Crippen LogP contribution in [0.5, 0.6) is 0 Å². The van der Waals surface area contributed by atoms with Gasteiger partial charge in [-0.15, -0.1) is 13.2 Å². The van der Waals surface area contributed by atoms with Gasteiger partial charge in [0.15, 0.2) is 0 Å². The molecule has 2 aliphatic rings. The minimum atomic E-state index is -4.48. The van der Waals surface area contributed by atoms with Crippen molar-refractivity contribution in [1.82, 2.24) is 14.7 Å². The van der Waals surface area contributed by atoms with E-state index < -0.39 is 12.5 Å². The van der Waals surface area contributed by atoms with Crippen LogP contribution in [0, 0.1) is 29.6 Å². The summed E-state index contributed by atoms with van der Waals surface area (Å²) in [6, 6.07) is 0.713. The van der Waals surface area contributed by atoms with E-state index in [9.17, 15) is 32.3 Å². The second-order valence-corrected chi connectivity index (χ2v) is 16.1. The van der Waals surface area contributed by atoms with Gasteiger partial charge in [0.1, 0.15) is 5.78 Å². The molecular weight excluding hydrogens is 711 g/mol. The molecule has 0 radical (unpaired) electrons. The molecule has 2 saturated heterocycles. The van der Waals surface area contributed by atoms with Gasteiger partial charge in [0.25, 0.3) is 0 Å². The normalized spacial score (nSPS) is 13.7. The molecule has 2 rings (SSSR count). The first kappa shape index (κ1) is 62.0. The lowest BCUT2D eigenvalue weighted by atomic mass is 10.1. The molecule has 0 aliphatic carbocycles.